The van der Waals surface area contributed by atoms with Crippen molar-refractivity contribution in [3.05, 3.63) is 74.1 Å². The number of imide groups is 1. The van der Waals surface area contributed by atoms with Crippen LogP contribution in [-0.2, 0) is 30.2 Å². The summed E-state index contributed by atoms with van der Waals surface area (Å²) < 4.78 is 16.4. The maximum atomic E-state index is 13.1. The van der Waals surface area contributed by atoms with Crippen molar-refractivity contribution in [3.63, 3.8) is 0 Å². The fraction of sp³-hybridized carbons (Fsp3) is 0.474. The maximum Gasteiger partial charge on any atom is 0.329 e. The van der Waals surface area contributed by atoms with Gasteiger partial charge in [0.1, 0.15) is 17.5 Å². The Morgan fingerprint density at radius 3 is 2.25 bits per heavy atom. The molecule has 4 heterocycles. The van der Waals surface area contributed by atoms with Crippen molar-refractivity contribution in [1.29, 1.82) is 0 Å². The van der Waals surface area contributed by atoms with Gasteiger partial charge >= 0.3 is 5.69 Å². The SMILES string of the molecule is COc1cc(-c2cn(C)c(=O)c(C)c2C)cc(OC)c1CN1CCC(CNCCNc2ccc3c(c2)n(C)c(=O)n3C2CCC(=O)NC2=O)CC1. The summed E-state index contributed by atoms with van der Waals surface area (Å²) in [5, 5.41) is 9.40. The summed E-state index contributed by atoms with van der Waals surface area (Å²) in [5.41, 5.74) is 6.68. The topological polar surface area (TPSA) is 141 Å². The number of aryl methyl sites for hydroxylation is 2. The van der Waals surface area contributed by atoms with Gasteiger partial charge in [-0.05, 0) is 100 Å². The predicted octanol–water partition coefficient (Wildman–Crippen LogP) is 3.23. The van der Waals surface area contributed by atoms with E-state index in [2.05, 4.69) is 20.9 Å². The number of ether oxygens (including phenoxy) is 2. The number of hydrogen-bond acceptors (Lipinski definition) is 9. The molecule has 2 aromatic carbocycles. The number of aromatic nitrogens is 3. The highest BCUT2D eigenvalue weighted by Gasteiger charge is 2.31. The van der Waals surface area contributed by atoms with Crippen LogP contribution in [-0.4, -0.2) is 77.4 Å². The van der Waals surface area contributed by atoms with E-state index in [-0.39, 0.29) is 23.6 Å². The van der Waals surface area contributed by atoms with E-state index < -0.39 is 11.9 Å². The highest BCUT2D eigenvalue weighted by molar-refractivity contribution is 6.00. The Balaban J connectivity index is 0.995. The molecule has 51 heavy (non-hydrogen) atoms. The molecule has 2 aliphatic rings. The maximum absolute atomic E-state index is 13.1. The summed E-state index contributed by atoms with van der Waals surface area (Å²) in [6, 6.07) is 9.11. The Bertz CT molecular complexity index is 2050. The number of benzene rings is 2. The molecule has 2 fully saturated rings. The Hall–Kier alpha value is -4.88. The van der Waals surface area contributed by atoms with Crippen LogP contribution in [0.1, 0.15) is 48.4 Å². The minimum absolute atomic E-state index is 0.00712. The van der Waals surface area contributed by atoms with Crippen LogP contribution in [0.5, 0.6) is 11.5 Å². The van der Waals surface area contributed by atoms with Gasteiger partial charge in [-0.15, -0.1) is 0 Å². The molecule has 0 spiro atoms. The number of nitrogens with one attached hydrogen (secondary N) is 3. The number of amides is 2. The summed E-state index contributed by atoms with van der Waals surface area (Å²) in [6.45, 7) is 8.99. The first-order valence-electron chi connectivity index (χ1n) is 17.6. The first kappa shape index (κ1) is 35.9. The van der Waals surface area contributed by atoms with E-state index in [0.717, 1.165) is 103 Å². The lowest BCUT2D eigenvalue weighted by molar-refractivity contribution is -0.135. The molecule has 272 valence electrons. The molecule has 2 saturated heterocycles. The molecular formula is C38H49N7O6. The van der Waals surface area contributed by atoms with E-state index in [1.165, 1.54) is 4.57 Å². The summed E-state index contributed by atoms with van der Waals surface area (Å²) >= 11 is 0. The molecule has 6 rings (SSSR count). The average Bonchev–Trinajstić information content (AvgIpc) is 3.37. The van der Waals surface area contributed by atoms with E-state index in [1.807, 2.05) is 50.4 Å². The van der Waals surface area contributed by atoms with Crippen molar-refractivity contribution in [3.8, 4) is 22.6 Å². The van der Waals surface area contributed by atoms with Crippen LogP contribution in [0, 0.1) is 19.8 Å². The summed E-state index contributed by atoms with van der Waals surface area (Å²) in [6.07, 6.45) is 4.59. The van der Waals surface area contributed by atoms with Crippen molar-refractivity contribution in [2.75, 3.05) is 52.3 Å². The number of hydrogen-bond donors (Lipinski definition) is 3. The Kier molecular flexibility index (Phi) is 10.7. The number of anilines is 1. The van der Waals surface area contributed by atoms with Crippen LogP contribution in [0.4, 0.5) is 5.69 Å². The number of fused-ring (bicyclic) bond motifs is 1. The van der Waals surface area contributed by atoms with Crippen LogP contribution in [0.2, 0.25) is 0 Å². The van der Waals surface area contributed by atoms with Gasteiger partial charge in [-0.3, -0.25) is 33.7 Å². The van der Waals surface area contributed by atoms with Gasteiger partial charge in [-0.25, -0.2) is 4.79 Å². The number of carbonyl (C=O) groups is 2. The molecule has 1 atom stereocenters. The van der Waals surface area contributed by atoms with E-state index >= 15 is 0 Å². The van der Waals surface area contributed by atoms with Crippen LogP contribution < -0.4 is 36.7 Å². The van der Waals surface area contributed by atoms with Gasteiger partial charge < -0.3 is 24.7 Å². The smallest absolute Gasteiger partial charge is 0.329 e. The molecule has 3 N–H and O–H groups in total. The molecule has 0 radical (unpaired) electrons. The lowest BCUT2D eigenvalue weighted by Crippen LogP contribution is -2.44. The Labute approximate surface area is 297 Å². The zero-order valence-electron chi connectivity index (χ0n) is 30.4. The molecular weight excluding hydrogens is 650 g/mol. The van der Waals surface area contributed by atoms with Gasteiger partial charge in [-0.2, -0.15) is 0 Å². The number of rotatable bonds is 12. The van der Waals surface area contributed by atoms with E-state index in [1.54, 1.807) is 37.4 Å². The number of pyridine rings is 1. The van der Waals surface area contributed by atoms with Crippen LogP contribution in [0.15, 0.2) is 46.1 Å². The van der Waals surface area contributed by atoms with Crippen molar-refractivity contribution < 1.29 is 19.1 Å². The Morgan fingerprint density at radius 1 is 0.882 bits per heavy atom. The minimum Gasteiger partial charge on any atom is -0.496 e. The molecule has 2 aromatic heterocycles. The van der Waals surface area contributed by atoms with E-state index in [4.69, 9.17) is 9.47 Å². The molecule has 13 heteroatoms. The van der Waals surface area contributed by atoms with Crippen LogP contribution in [0.25, 0.3) is 22.2 Å². The number of nitrogens with zero attached hydrogens (tertiary/aromatic N) is 4. The second kappa shape index (κ2) is 15.2. The molecule has 2 aliphatic heterocycles. The zero-order valence-corrected chi connectivity index (χ0v) is 30.4. The second-order valence-electron chi connectivity index (χ2n) is 13.8. The van der Waals surface area contributed by atoms with Crippen LogP contribution >= 0.6 is 0 Å². The van der Waals surface area contributed by atoms with E-state index in [0.29, 0.717) is 17.9 Å². The van der Waals surface area contributed by atoms with Crippen molar-refractivity contribution in [2.24, 2.45) is 20.0 Å². The van der Waals surface area contributed by atoms with Gasteiger partial charge in [0.15, 0.2) is 0 Å². The van der Waals surface area contributed by atoms with Crippen molar-refractivity contribution >= 4 is 28.5 Å². The number of piperidine rings is 2. The summed E-state index contributed by atoms with van der Waals surface area (Å²) in [5.74, 6) is 1.40. The number of imidazole rings is 1. The van der Waals surface area contributed by atoms with Gasteiger partial charge in [0.05, 0.1) is 30.8 Å². The molecule has 4 aromatic rings. The predicted molar refractivity (Wildman–Crippen MR) is 198 cm³/mol. The van der Waals surface area contributed by atoms with Gasteiger partial charge in [0.2, 0.25) is 11.8 Å². The van der Waals surface area contributed by atoms with Gasteiger partial charge in [0.25, 0.3) is 5.56 Å². The third kappa shape index (κ3) is 7.31. The molecule has 13 nitrogen and oxygen atoms in total. The number of carbonyl (C=O) groups excluding carboxylic acids is 2. The molecule has 1 unspecified atom stereocenters. The molecule has 0 aliphatic carbocycles. The Morgan fingerprint density at radius 2 is 1.59 bits per heavy atom. The van der Waals surface area contributed by atoms with Crippen molar-refractivity contribution in [2.45, 2.75) is 52.1 Å². The first-order chi connectivity index (χ1) is 24.5. The standard InChI is InChI=1S/C38H49N7O6/c1-23-24(2)37(48)42(3)21-28(23)26-17-33(50-5)29(34(18-26)51-6)22-44-15-11-25(12-16-44)20-39-13-14-40-27-7-8-30-32(19-27)43(4)38(49)45(30)31-9-10-35(46)41-36(31)47/h7-8,17-19,21,25,31,39-40H,9-16,20,22H2,1-6H3,(H,41,46,47). The third-order valence-corrected chi connectivity index (χ3v) is 10.6. The quantitative estimate of drug-likeness (QED) is 0.150. The molecule has 0 saturated carbocycles. The summed E-state index contributed by atoms with van der Waals surface area (Å²) in [4.78, 5) is 52.0. The molecule has 0 bridgehead atoms. The summed E-state index contributed by atoms with van der Waals surface area (Å²) in [7, 11) is 6.86. The number of likely N-dealkylation sites (tertiary alicyclic amines) is 1. The van der Waals surface area contributed by atoms with Gasteiger partial charge in [0, 0.05) is 63.2 Å². The van der Waals surface area contributed by atoms with E-state index in [9.17, 15) is 19.2 Å². The fourth-order valence-electron chi connectivity index (χ4n) is 7.44. The number of methoxy groups -OCH3 is 2. The van der Waals surface area contributed by atoms with Gasteiger partial charge in [-0.1, -0.05) is 0 Å². The lowest BCUT2D eigenvalue weighted by Gasteiger charge is -2.33. The van der Waals surface area contributed by atoms with Crippen LogP contribution in [0.3, 0.4) is 0 Å². The second-order valence-corrected chi connectivity index (χ2v) is 13.8. The highest BCUT2D eigenvalue weighted by Crippen LogP contribution is 2.37. The zero-order chi connectivity index (χ0) is 36.4. The first-order valence-corrected chi connectivity index (χ1v) is 17.6. The largest absolute Gasteiger partial charge is 0.496 e. The highest BCUT2D eigenvalue weighted by atomic mass is 16.5. The third-order valence-electron chi connectivity index (χ3n) is 10.6. The monoisotopic (exact) mass is 699 g/mol. The minimum atomic E-state index is -0.695. The molecule has 2 amide bonds. The normalized spacial score (nSPS) is 17.2. The average molecular weight is 700 g/mol. The fourth-order valence-corrected chi connectivity index (χ4v) is 7.44. The lowest BCUT2D eigenvalue weighted by atomic mass is 9.95. The van der Waals surface area contributed by atoms with Crippen molar-refractivity contribution in [1.82, 2.24) is 29.2 Å².